The molecule has 2 heteroatoms. The summed E-state index contributed by atoms with van der Waals surface area (Å²) in [6, 6.07) is 11.2. The minimum atomic E-state index is 0.473. The highest BCUT2D eigenvalue weighted by atomic mass is 15.4. The Balaban J connectivity index is 3.22. The Bertz CT molecular complexity index is 380. The Morgan fingerprint density at radius 1 is 0.700 bits per heavy atom. The van der Waals surface area contributed by atoms with Gasteiger partial charge in [-0.05, 0) is 67.5 Å². The molecule has 1 aromatic rings. The van der Waals surface area contributed by atoms with Crippen molar-refractivity contribution < 1.29 is 0 Å². The molecule has 2 nitrogen and oxygen atoms in total. The van der Waals surface area contributed by atoms with E-state index in [0.717, 1.165) is 4.48 Å². The fourth-order valence-corrected chi connectivity index (χ4v) is 3.83. The molecular weight excluding hydrogens is 244 g/mol. The fraction of sp³-hybridized carbons (Fsp3) is 0.667. The van der Waals surface area contributed by atoms with Crippen molar-refractivity contribution in [1.29, 1.82) is 0 Å². The van der Waals surface area contributed by atoms with Crippen LogP contribution in [0, 0.1) is 0 Å². The lowest BCUT2D eigenvalue weighted by atomic mass is 10.0. The van der Waals surface area contributed by atoms with Crippen LogP contribution in [0.15, 0.2) is 24.3 Å². The van der Waals surface area contributed by atoms with Gasteiger partial charge in [-0.2, -0.15) is 0 Å². The van der Waals surface area contributed by atoms with Gasteiger partial charge in [0.25, 0.3) is 0 Å². The highest BCUT2D eigenvalue weighted by molar-refractivity contribution is 5.54. The van der Waals surface area contributed by atoms with Gasteiger partial charge in [0.05, 0.1) is 18.1 Å². The molecule has 1 rings (SSSR count). The molecule has 0 spiro atoms. The Morgan fingerprint density at radius 3 is 1.40 bits per heavy atom. The van der Waals surface area contributed by atoms with Crippen molar-refractivity contribution in [3.63, 3.8) is 0 Å². The molecule has 1 aromatic carbocycles. The second-order valence-corrected chi connectivity index (χ2v) is 6.96. The van der Waals surface area contributed by atoms with E-state index in [1.807, 2.05) is 0 Å². The molecule has 0 fully saturated rings. The van der Waals surface area contributed by atoms with Crippen molar-refractivity contribution >= 4 is 11.4 Å². The summed E-state index contributed by atoms with van der Waals surface area (Å²) >= 11 is 0. The monoisotopic (exact) mass is 277 g/mol. The first kappa shape index (κ1) is 17.0. The second-order valence-electron chi connectivity index (χ2n) is 6.96. The summed E-state index contributed by atoms with van der Waals surface area (Å²) in [5, 5.41) is 3.46. The van der Waals surface area contributed by atoms with Crippen LogP contribution in [-0.2, 0) is 0 Å². The van der Waals surface area contributed by atoms with Gasteiger partial charge in [-0.25, -0.2) is 0 Å². The smallest absolute Gasteiger partial charge is 0.133 e. The Hall–Kier alpha value is -1.02. The number of nitrogens with zero attached hydrogens (tertiary/aromatic N) is 1. The van der Waals surface area contributed by atoms with Gasteiger partial charge < -0.3 is 5.32 Å². The van der Waals surface area contributed by atoms with Gasteiger partial charge in [-0.3, -0.25) is 4.48 Å². The van der Waals surface area contributed by atoms with E-state index < -0.39 is 0 Å². The van der Waals surface area contributed by atoms with Crippen LogP contribution in [0.1, 0.15) is 55.4 Å². The zero-order valence-corrected chi connectivity index (χ0v) is 14.6. The maximum absolute atomic E-state index is 3.46. The topological polar surface area (TPSA) is 12.0 Å². The van der Waals surface area contributed by atoms with Crippen molar-refractivity contribution in [2.75, 3.05) is 5.32 Å². The standard InChI is InChI=1S/C18H33N2/c1-13(2)19-17-9-11-18(12-10-17)20(14(3)4,15(5)6)16(7)8/h9-16,19H,1-8H3/q+1. The number of rotatable bonds is 6. The summed E-state index contributed by atoms with van der Waals surface area (Å²) in [4.78, 5) is 0. The quantitative estimate of drug-likeness (QED) is 0.718. The van der Waals surface area contributed by atoms with Crippen LogP contribution < -0.4 is 9.80 Å². The maximum atomic E-state index is 3.46. The molecular formula is C18H33N2+. The zero-order valence-electron chi connectivity index (χ0n) is 14.6. The van der Waals surface area contributed by atoms with Gasteiger partial charge in [0, 0.05) is 23.9 Å². The van der Waals surface area contributed by atoms with Crippen LogP contribution in [-0.4, -0.2) is 24.2 Å². The number of benzene rings is 1. The highest BCUT2D eigenvalue weighted by Gasteiger charge is 2.40. The summed E-state index contributed by atoms with van der Waals surface area (Å²) in [7, 11) is 0. The first-order valence-electron chi connectivity index (χ1n) is 7.98. The summed E-state index contributed by atoms with van der Waals surface area (Å²) in [6.45, 7) is 18.3. The van der Waals surface area contributed by atoms with Gasteiger partial charge in [0.1, 0.15) is 5.69 Å². The van der Waals surface area contributed by atoms with Gasteiger partial charge in [0.15, 0.2) is 0 Å². The van der Waals surface area contributed by atoms with Crippen LogP contribution in [0.4, 0.5) is 11.4 Å². The number of quaternary nitrogens is 1. The average molecular weight is 277 g/mol. The van der Waals surface area contributed by atoms with Gasteiger partial charge in [-0.1, -0.05) is 0 Å². The van der Waals surface area contributed by atoms with Crippen LogP contribution in [0.5, 0.6) is 0 Å². The van der Waals surface area contributed by atoms with Crippen LogP contribution in [0.25, 0.3) is 0 Å². The lowest BCUT2D eigenvalue weighted by Crippen LogP contribution is -2.63. The van der Waals surface area contributed by atoms with Gasteiger partial charge >= 0.3 is 0 Å². The Morgan fingerprint density at radius 2 is 1.10 bits per heavy atom. The van der Waals surface area contributed by atoms with Crippen molar-refractivity contribution in [1.82, 2.24) is 4.48 Å². The van der Waals surface area contributed by atoms with Crippen LogP contribution in [0.3, 0.4) is 0 Å². The van der Waals surface area contributed by atoms with E-state index in [0.29, 0.717) is 24.2 Å². The molecule has 0 atom stereocenters. The van der Waals surface area contributed by atoms with E-state index in [2.05, 4.69) is 85.0 Å². The third-order valence-electron chi connectivity index (χ3n) is 4.33. The van der Waals surface area contributed by atoms with Crippen molar-refractivity contribution in [2.24, 2.45) is 0 Å². The zero-order chi connectivity index (χ0) is 15.5. The van der Waals surface area contributed by atoms with E-state index in [1.54, 1.807) is 0 Å². The molecule has 0 aromatic heterocycles. The van der Waals surface area contributed by atoms with Crippen molar-refractivity contribution in [3.8, 4) is 0 Å². The molecule has 20 heavy (non-hydrogen) atoms. The lowest BCUT2D eigenvalue weighted by molar-refractivity contribution is 0.136. The molecule has 0 aliphatic rings. The van der Waals surface area contributed by atoms with E-state index in [1.165, 1.54) is 11.4 Å². The van der Waals surface area contributed by atoms with Gasteiger partial charge in [0.2, 0.25) is 0 Å². The molecule has 114 valence electrons. The molecule has 0 unspecified atom stereocenters. The normalized spacial score (nSPS) is 12.8. The largest absolute Gasteiger partial charge is 0.383 e. The SMILES string of the molecule is CC(C)Nc1ccc([N+](C(C)C)(C(C)C)C(C)C)cc1. The minimum Gasteiger partial charge on any atom is -0.383 e. The number of nitrogens with one attached hydrogen (secondary N) is 1. The maximum Gasteiger partial charge on any atom is 0.133 e. The first-order valence-corrected chi connectivity index (χ1v) is 7.98. The third kappa shape index (κ3) is 3.17. The Labute approximate surface area is 125 Å². The van der Waals surface area contributed by atoms with Crippen LogP contribution in [0.2, 0.25) is 0 Å². The Kier molecular flexibility index (Phi) is 5.64. The minimum absolute atomic E-state index is 0.473. The highest BCUT2D eigenvalue weighted by Crippen LogP contribution is 2.34. The van der Waals surface area contributed by atoms with E-state index >= 15 is 0 Å². The lowest BCUT2D eigenvalue weighted by Gasteiger charge is -2.49. The summed E-state index contributed by atoms with van der Waals surface area (Å²) in [5.41, 5.74) is 2.62. The van der Waals surface area contributed by atoms with E-state index in [-0.39, 0.29) is 0 Å². The molecule has 0 amide bonds. The third-order valence-corrected chi connectivity index (χ3v) is 4.33. The second kappa shape index (κ2) is 6.62. The summed E-state index contributed by atoms with van der Waals surface area (Å²) in [6.07, 6.45) is 0. The van der Waals surface area contributed by atoms with E-state index in [4.69, 9.17) is 0 Å². The molecule has 0 radical (unpaired) electrons. The van der Waals surface area contributed by atoms with Gasteiger partial charge in [-0.15, -0.1) is 0 Å². The van der Waals surface area contributed by atoms with Crippen molar-refractivity contribution in [2.45, 2.75) is 79.6 Å². The summed E-state index contributed by atoms with van der Waals surface area (Å²) < 4.78 is 1.03. The number of hydrogen-bond acceptors (Lipinski definition) is 1. The summed E-state index contributed by atoms with van der Waals surface area (Å²) in [5.74, 6) is 0. The molecule has 0 saturated heterocycles. The fourth-order valence-electron chi connectivity index (χ4n) is 3.83. The van der Waals surface area contributed by atoms with Crippen molar-refractivity contribution in [3.05, 3.63) is 24.3 Å². The average Bonchev–Trinajstić information content (AvgIpc) is 2.29. The molecule has 1 N–H and O–H groups in total. The first-order chi connectivity index (χ1) is 9.22. The molecule has 0 aliphatic carbocycles. The van der Waals surface area contributed by atoms with Crippen LogP contribution >= 0.6 is 0 Å². The number of anilines is 1. The molecule has 0 saturated carbocycles. The molecule has 0 heterocycles. The predicted molar refractivity (Wildman–Crippen MR) is 92.4 cm³/mol. The molecule has 0 aliphatic heterocycles. The molecule has 0 bridgehead atoms. The predicted octanol–water partition coefficient (Wildman–Crippen LogP) is 5.04. The van der Waals surface area contributed by atoms with E-state index in [9.17, 15) is 0 Å². The number of hydrogen-bond donors (Lipinski definition) is 1.